The number of nitrogens with one attached hydrogen (secondary N) is 2. The Morgan fingerprint density at radius 2 is 1.10 bits per heavy atom. The fourth-order valence-electron chi connectivity index (χ4n) is 5.09. The van der Waals surface area contributed by atoms with Gasteiger partial charge in [-0.15, -0.1) is 0 Å². The first kappa shape index (κ1) is 22.3. The van der Waals surface area contributed by atoms with Crippen LogP contribution < -0.4 is 10.6 Å². The SMILES string of the molecule is CN(C)C(=O)C1(CNc2nccnc2NCC2(C(=O)N(C)C)CCCC2)CCCC1. The summed E-state index contributed by atoms with van der Waals surface area (Å²) in [6.07, 6.45) is 11.1. The van der Waals surface area contributed by atoms with Gasteiger partial charge in [0.05, 0.1) is 10.8 Å². The van der Waals surface area contributed by atoms with E-state index < -0.39 is 0 Å². The summed E-state index contributed by atoms with van der Waals surface area (Å²) in [5.41, 5.74) is -0.766. The predicted octanol–water partition coefficient (Wildman–Crippen LogP) is 2.60. The van der Waals surface area contributed by atoms with Crippen molar-refractivity contribution in [3.05, 3.63) is 12.4 Å². The normalized spacial score (nSPS) is 19.3. The van der Waals surface area contributed by atoms with Gasteiger partial charge in [-0.25, -0.2) is 9.97 Å². The van der Waals surface area contributed by atoms with Crippen LogP contribution >= 0.6 is 0 Å². The maximum absolute atomic E-state index is 12.8. The average Bonchev–Trinajstić information content (AvgIpc) is 3.41. The third kappa shape index (κ3) is 4.52. The van der Waals surface area contributed by atoms with E-state index >= 15 is 0 Å². The molecule has 8 heteroatoms. The molecule has 1 heterocycles. The summed E-state index contributed by atoms with van der Waals surface area (Å²) in [6, 6.07) is 0. The molecule has 0 radical (unpaired) electrons. The number of aromatic nitrogens is 2. The Morgan fingerprint density at radius 3 is 1.40 bits per heavy atom. The lowest BCUT2D eigenvalue weighted by atomic mass is 9.84. The minimum absolute atomic E-state index is 0.174. The third-order valence-electron chi connectivity index (χ3n) is 6.73. The molecule has 2 fully saturated rings. The molecule has 30 heavy (non-hydrogen) atoms. The predicted molar refractivity (Wildman–Crippen MR) is 118 cm³/mol. The van der Waals surface area contributed by atoms with Crippen LogP contribution in [0.5, 0.6) is 0 Å². The standard InChI is InChI=1S/C22H36N6O2/c1-27(2)19(29)21(9-5-6-10-21)15-25-17-18(24-14-13-23-17)26-16-22(11-7-8-12-22)20(30)28(3)4/h13-14H,5-12,15-16H2,1-4H3,(H,23,25)(H,24,26). The molecule has 2 aliphatic carbocycles. The Hall–Kier alpha value is -2.38. The first-order chi connectivity index (χ1) is 14.3. The van der Waals surface area contributed by atoms with E-state index in [1.54, 1.807) is 22.2 Å². The summed E-state index contributed by atoms with van der Waals surface area (Å²) < 4.78 is 0. The fraction of sp³-hybridized carbons (Fsp3) is 0.727. The van der Waals surface area contributed by atoms with Gasteiger partial charge < -0.3 is 20.4 Å². The Balaban J connectivity index is 1.72. The second-order valence-electron chi connectivity index (χ2n) is 9.33. The molecule has 2 aliphatic rings. The van der Waals surface area contributed by atoms with E-state index in [0.717, 1.165) is 51.4 Å². The Bertz CT molecular complexity index is 689. The van der Waals surface area contributed by atoms with Crippen molar-refractivity contribution < 1.29 is 9.59 Å². The van der Waals surface area contributed by atoms with Crippen molar-refractivity contribution >= 4 is 23.5 Å². The van der Waals surface area contributed by atoms with Crippen molar-refractivity contribution in [1.29, 1.82) is 0 Å². The largest absolute Gasteiger partial charge is 0.366 e. The molecule has 166 valence electrons. The van der Waals surface area contributed by atoms with Crippen molar-refractivity contribution in [2.75, 3.05) is 51.9 Å². The van der Waals surface area contributed by atoms with Gasteiger partial charge in [-0.1, -0.05) is 25.7 Å². The van der Waals surface area contributed by atoms with Crippen molar-refractivity contribution in [3.63, 3.8) is 0 Å². The fourth-order valence-corrected chi connectivity index (χ4v) is 5.09. The van der Waals surface area contributed by atoms with Gasteiger partial charge in [-0.3, -0.25) is 9.59 Å². The molecule has 0 unspecified atom stereocenters. The van der Waals surface area contributed by atoms with Crippen LogP contribution in [0.4, 0.5) is 11.6 Å². The second-order valence-corrected chi connectivity index (χ2v) is 9.33. The molecule has 0 spiro atoms. The number of carbonyl (C=O) groups excluding carboxylic acids is 2. The zero-order valence-corrected chi connectivity index (χ0v) is 18.8. The topological polar surface area (TPSA) is 90.5 Å². The number of hydrogen-bond donors (Lipinski definition) is 2. The van der Waals surface area contributed by atoms with Crippen molar-refractivity contribution in [1.82, 2.24) is 19.8 Å². The minimum Gasteiger partial charge on any atom is -0.366 e. The quantitative estimate of drug-likeness (QED) is 0.677. The lowest BCUT2D eigenvalue weighted by Gasteiger charge is -2.32. The highest BCUT2D eigenvalue weighted by Gasteiger charge is 2.43. The number of anilines is 2. The molecule has 2 saturated carbocycles. The van der Waals surface area contributed by atoms with Crippen LogP contribution in [0.2, 0.25) is 0 Å². The monoisotopic (exact) mass is 416 g/mol. The van der Waals surface area contributed by atoms with E-state index in [2.05, 4.69) is 20.6 Å². The second kappa shape index (κ2) is 9.18. The molecule has 2 N–H and O–H groups in total. The van der Waals surface area contributed by atoms with E-state index in [1.807, 2.05) is 28.2 Å². The van der Waals surface area contributed by atoms with Crippen molar-refractivity contribution in [3.8, 4) is 0 Å². The van der Waals surface area contributed by atoms with Crippen LogP contribution in [0.1, 0.15) is 51.4 Å². The Morgan fingerprint density at radius 1 is 0.767 bits per heavy atom. The van der Waals surface area contributed by atoms with Crippen molar-refractivity contribution in [2.45, 2.75) is 51.4 Å². The number of rotatable bonds is 8. The summed E-state index contributed by atoms with van der Waals surface area (Å²) in [6.45, 7) is 1.08. The van der Waals surface area contributed by atoms with E-state index in [4.69, 9.17) is 0 Å². The van der Waals surface area contributed by atoms with Crippen LogP contribution in [-0.2, 0) is 9.59 Å². The highest BCUT2D eigenvalue weighted by Crippen LogP contribution is 2.41. The van der Waals surface area contributed by atoms with Gasteiger partial charge in [-0.05, 0) is 25.7 Å². The molecular formula is C22H36N6O2. The van der Waals surface area contributed by atoms with Gasteiger partial charge in [-0.2, -0.15) is 0 Å². The number of carbonyl (C=O) groups is 2. The van der Waals surface area contributed by atoms with Crippen LogP contribution in [0.25, 0.3) is 0 Å². The summed E-state index contributed by atoms with van der Waals surface area (Å²) in [4.78, 5) is 38.0. The van der Waals surface area contributed by atoms with Gasteiger partial charge in [0.2, 0.25) is 11.8 Å². The minimum atomic E-state index is -0.383. The van der Waals surface area contributed by atoms with E-state index in [9.17, 15) is 9.59 Å². The molecule has 8 nitrogen and oxygen atoms in total. The molecule has 3 rings (SSSR count). The summed E-state index contributed by atoms with van der Waals surface area (Å²) in [7, 11) is 7.28. The smallest absolute Gasteiger partial charge is 0.230 e. The molecular weight excluding hydrogens is 380 g/mol. The van der Waals surface area contributed by atoms with Gasteiger partial charge in [0.1, 0.15) is 0 Å². The van der Waals surface area contributed by atoms with Crippen LogP contribution in [0.3, 0.4) is 0 Å². The van der Waals surface area contributed by atoms with Gasteiger partial charge in [0.15, 0.2) is 11.6 Å². The molecule has 1 aromatic heterocycles. The molecule has 0 saturated heterocycles. The van der Waals surface area contributed by atoms with E-state index in [-0.39, 0.29) is 22.6 Å². The first-order valence-electron chi connectivity index (χ1n) is 11.0. The highest BCUT2D eigenvalue weighted by molar-refractivity contribution is 5.84. The molecule has 1 aromatic rings. The zero-order chi connectivity index (χ0) is 21.8. The summed E-state index contributed by atoms with van der Waals surface area (Å²) >= 11 is 0. The number of nitrogens with zero attached hydrogens (tertiary/aromatic N) is 4. The molecule has 0 atom stereocenters. The maximum atomic E-state index is 12.8. The lowest BCUT2D eigenvalue weighted by molar-refractivity contribution is -0.139. The molecule has 0 aliphatic heterocycles. The number of amides is 2. The van der Waals surface area contributed by atoms with Crippen LogP contribution in [0.15, 0.2) is 12.4 Å². The summed E-state index contributed by atoms with van der Waals surface area (Å²) in [5.74, 6) is 1.63. The molecule has 2 amide bonds. The Kier molecular flexibility index (Phi) is 6.83. The zero-order valence-electron chi connectivity index (χ0n) is 18.8. The first-order valence-corrected chi connectivity index (χ1v) is 11.0. The van der Waals surface area contributed by atoms with E-state index in [0.29, 0.717) is 24.7 Å². The maximum Gasteiger partial charge on any atom is 0.230 e. The lowest BCUT2D eigenvalue weighted by Crippen LogP contribution is -2.44. The van der Waals surface area contributed by atoms with Gasteiger partial charge >= 0.3 is 0 Å². The van der Waals surface area contributed by atoms with Gasteiger partial charge in [0, 0.05) is 53.7 Å². The molecule has 0 bridgehead atoms. The van der Waals surface area contributed by atoms with Crippen LogP contribution in [-0.4, -0.2) is 72.9 Å². The summed E-state index contributed by atoms with van der Waals surface area (Å²) in [5, 5.41) is 6.79. The Labute approximate surface area is 179 Å². The third-order valence-corrected chi connectivity index (χ3v) is 6.73. The van der Waals surface area contributed by atoms with Crippen LogP contribution in [0, 0.1) is 10.8 Å². The molecule has 0 aromatic carbocycles. The number of hydrogen-bond acceptors (Lipinski definition) is 6. The highest BCUT2D eigenvalue weighted by atomic mass is 16.2. The van der Waals surface area contributed by atoms with Crippen molar-refractivity contribution in [2.24, 2.45) is 10.8 Å². The van der Waals surface area contributed by atoms with Gasteiger partial charge in [0.25, 0.3) is 0 Å². The van der Waals surface area contributed by atoms with E-state index in [1.165, 1.54) is 0 Å². The average molecular weight is 417 g/mol.